The van der Waals surface area contributed by atoms with Crippen LogP contribution in [0.3, 0.4) is 0 Å². The van der Waals surface area contributed by atoms with Crippen molar-refractivity contribution in [1.29, 1.82) is 0 Å². The van der Waals surface area contributed by atoms with Gasteiger partial charge in [0.05, 0.1) is 19.1 Å². The molecule has 3 N–H and O–H groups in total. The molecule has 0 radical (unpaired) electrons. The van der Waals surface area contributed by atoms with Crippen molar-refractivity contribution in [2.24, 2.45) is 5.92 Å². The topological polar surface area (TPSA) is 105 Å². The summed E-state index contributed by atoms with van der Waals surface area (Å²) in [6.45, 7) is 7.08. The number of phenols is 1. The fourth-order valence-electron chi connectivity index (χ4n) is 2.88. The van der Waals surface area contributed by atoms with Crippen LogP contribution in [0.4, 0.5) is 0 Å². The summed E-state index contributed by atoms with van der Waals surface area (Å²) in [5.41, 5.74) is -0.532. The quantitative estimate of drug-likeness (QED) is 0.683. The molecule has 1 aliphatic rings. The number of carbonyl (C=O) groups excluding carboxylic acids is 2. The minimum absolute atomic E-state index is 0.137. The van der Waals surface area contributed by atoms with Crippen molar-refractivity contribution in [3.8, 4) is 17.2 Å². The fraction of sp³-hybridized carbons (Fsp3) is 0.579. The number of amides is 1. The summed E-state index contributed by atoms with van der Waals surface area (Å²) in [5, 5.41) is 22.2. The lowest BCUT2D eigenvalue weighted by atomic mass is 9.92. The second-order valence-electron chi connectivity index (χ2n) is 7.31. The van der Waals surface area contributed by atoms with Crippen LogP contribution in [-0.2, 0) is 4.79 Å². The predicted molar refractivity (Wildman–Crippen MR) is 95.7 cm³/mol. The van der Waals surface area contributed by atoms with Gasteiger partial charge in [-0.2, -0.15) is 0 Å². The van der Waals surface area contributed by atoms with Crippen molar-refractivity contribution >= 4 is 11.7 Å². The molecule has 0 aliphatic carbocycles. The second-order valence-corrected chi connectivity index (χ2v) is 7.31. The zero-order valence-corrected chi connectivity index (χ0v) is 15.7. The average Bonchev–Trinajstić information content (AvgIpc) is 2.55. The van der Waals surface area contributed by atoms with Gasteiger partial charge in [-0.15, -0.1) is 0 Å². The van der Waals surface area contributed by atoms with E-state index in [1.165, 1.54) is 12.1 Å². The largest absolute Gasteiger partial charge is 0.507 e. The molecular weight excluding hydrogens is 338 g/mol. The third kappa shape index (κ3) is 4.66. The predicted octanol–water partition coefficient (Wildman–Crippen LogP) is 2.04. The van der Waals surface area contributed by atoms with Crippen LogP contribution in [0.15, 0.2) is 12.1 Å². The number of hydrogen-bond donors (Lipinski definition) is 3. The molecule has 1 heterocycles. The van der Waals surface area contributed by atoms with Gasteiger partial charge in [0.15, 0.2) is 12.4 Å². The number of fused-ring (bicyclic) bond motifs is 1. The highest BCUT2D eigenvalue weighted by Crippen LogP contribution is 2.40. The third-order valence-electron chi connectivity index (χ3n) is 4.55. The van der Waals surface area contributed by atoms with Gasteiger partial charge in [-0.3, -0.25) is 9.59 Å². The van der Waals surface area contributed by atoms with E-state index in [0.29, 0.717) is 0 Å². The first-order valence-electron chi connectivity index (χ1n) is 8.79. The van der Waals surface area contributed by atoms with Crippen molar-refractivity contribution in [2.75, 3.05) is 13.2 Å². The third-order valence-corrected chi connectivity index (χ3v) is 4.55. The molecule has 7 heteroatoms. The van der Waals surface area contributed by atoms with E-state index in [-0.39, 0.29) is 66.1 Å². The zero-order chi connectivity index (χ0) is 19.5. The van der Waals surface area contributed by atoms with E-state index in [4.69, 9.17) is 9.47 Å². The molecule has 0 unspecified atom stereocenters. The molecule has 1 aromatic carbocycles. The Bertz CT molecular complexity index is 685. The number of Topliss-reactive ketones (excluding diaryl/α,β-unsaturated/α-hetero) is 1. The maximum atomic E-state index is 12.2. The fourth-order valence-corrected chi connectivity index (χ4v) is 2.88. The monoisotopic (exact) mass is 365 g/mol. The number of ketones is 1. The Hall–Kier alpha value is -2.28. The summed E-state index contributed by atoms with van der Waals surface area (Å²) in [5.74, 6) is -0.193. The highest BCUT2D eigenvalue weighted by atomic mass is 16.5. The van der Waals surface area contributed by atoms with Crippen molar-refractivity contribution in [1.82, 2.24) is 5.32 Å². The SMILES string of the molecule is CC[C@@H](C)[C@@H](CO)NC(=O)COc1cc(O)c2c(c1)OC(C)(C)CC2=O. The van der Waals surface area contributed by atoms with Gasteiger partial charge < -0.3 is 25.0 Å². The highest BCUT2D eigenvalue weighted by molar-refractivity contribution is 6.03. The van der Waals surface area contributed by atoms with Crippen molar-refractivity contribution < 1.29 is 29.3 Å². The standard InChI is InChI=1S/C19H27NO6/c1-5-11(2)13(9-21)20-17(24)10-25-12-6-14(22)18-15(23)8-19(3,4)26-16(18)7-12/h6-7,11,13,21-22H,5,8-10H2,1-4H3,(H,20,24)/t11-,13-/m1/s1. The molecule has 1 amide bonds. The Balaban J connectivity index is 2.06. The van der Waals surface area contributed by atoms with E-state index in [1.54, 1.807) is 13.8 Å². The van der Waals surface area contributed by atoms with Crippen LogP contribution in [0.2, 0.25) is 0 Å². The summed E-state index contributed by atoms with van der Waals surface area (Å²) in [6.07, 6.45) is 1.00. The number of aromatic hydroxyl groups is 1. The molecule has 0 spiro atoms. The highest BCUT2D eigenvalue weighted by Gasteiger charge is 2.35. The number of benzene rings is 1. The van der Waals surface area contributed by atoms with Crippen LogP contribution >= 0.6 is 0 Å². The Kier molecular flexibility index (Phi) is 6.13. The Morgan fingerprint density at radius 3 is 2.73 bits per heavy atom. The van der Waals surface area contributed by atoms with Crippen LogP contribution < -0.4 is 14.8 Å². The van der Waals surface area contributed by atoms with Gasteiger partial charge in [0.25, 0.3) is 5.91 Å². The normalized spacial score (nSPS) is 17.7. The van der Waals surface area contributed by atoms with Gasteiger partial charge in [0.2, 0.25) is 0 Å². The van der Waals surface area contributed by atoms with Crippen LogP contribution in [0.5, 0.6) is 17.2 Å². The summed E-state index contributed by atoms with van der Waals surface area (Å²) < 4.78 is 11.2. The minimum Gasteiger partial charge on any atom is -0.507 e. The van der Waals surface area contributed by atoms with E-state index < -0.39 is 5.60 Å². The number of phenolic OH excluding ortho intramolecular Hbond substituents is 1. The van der Waals surface area contributed by atoms with Gasteiger partial charge >= 0.3 is 0 Å². The number of aliphatic hydroxyl groups excluding tert-OH is 1. The number of nitrogens with one attached hydrogen (secondary N) is 1. The van der Waals surface area contributed by atoms with E-state index in [1.807, 2.05) is 13.8 Å². The van der Waals surface area contributed by atoms with Gasteiger partial charge in [-0.05, 0) is 19.8 Å². The summed E-state index contributed by atoms with van der Waals surface area (Å²) >= 11 is 0. The van der Waals surface area contributed by atoms with Crippen molar-refractivity contribution in [2.45, 2.75) is 52.2 Å². The molecular formula is C19H27NO6. The summed E-state index contributed by atoms with van der Waals surface area (Å²) in [7, 11) is 0. The van der Waals surface area contributed by atoms with Gasteiger partial charge in [-0.25, -0.2) is 0 Å². The number of rotatable bonds is 7. The molecule has 1 aromatic rings. The van der Waals surface area contributed by atoms with Crippen LogP contribution in [0.1, 0.15) is 50.9 Å². The number of ether oxygens (including phenoxy) is 2. The molecule has 1 aliphatic heterocycles. The lowest BCUT2D eigenvalue weighted by Crippen LogP contribution is -2.43. The number of carbonyl (C=O) groups is 2. The number of aliphatic hydroxyl groups is 1. The molecule has 2 atom stereocenters. The molecule has 0 bridgehead atoms. The molecule has 144 valence electrons. The zero-order valence-electron chi connectivity index (χ0n) is 15.7. The smallest absolute Gasteiger partial charge is 0.258 e. The Labute approximate surface area is 153 Å². The van der Waals surface area contributed by atoms with Gasteiger partial charge in [-0.1, -0.05) is 20.3 Å². The van der Waals surface area contributed by atoms with Crippen LogP contribution in [0, 0.1) is 5.92 Å². The lowest BCUT2D eigenvalue weighted by molar-refractivity contribution is -0.124. The molecule has 0 saturated heterocycles. The average molecular weight is 365 g/mol. The Morgan fingerprint density at radius 1 is 1.42 bits per heavy atom. The molecule has 2 rings (SSSR count). The second kappa shape index (κ2) is 7.95. The molecule has 0 fully saturated rings. The molecule has 7 nitrogen and oxygen atoms in total. The maximum Gasteiger partial charge on any atom is 0.258 e. The first kappa shape index (κ1) is 20.0. The first-order chi connectivity index (χ1) is 12.2. The summed E-state index contributed by atoms with van der Waals surface area (Å²) in [6, 6.07) is 2.46. The van der Waals surface area contributed by atoms with E-state index in [9.17, 15) is 19.8 Å². The van der Waals surface area contributed by atoms with E-state index in [2.05, 4.69) is 5.32 Å². The molecule has 26 heavy (non-hydrogen) atoms. The molecule has 0 saturated carbocycles. The van der Waals surface area contributed by atoms with E-state index >= 15 is 0 Å². The van der Waals surface area contributed by atoms with E-state index in [0.717, 1.165) is 6.42 Å². The van der Waals surface area contributed by atoms with Crippen molar-refractivity contribution in [3.63, 3.8) is 0 Å². The lowest BCUT2D eigenvalue weighted by Gasteiger charge is -2.32. The van der Waals surface area contributed by atoms with Gasteiger partial charge in [0, 0.05) is 12.1 Å². The minimum atomic E-state index is -0.669. The van der Waals surface area contributed by atoms with Crippen LogP contribution in [0.25, 0.3) is 0 Å². The van der Waals surface area contributed by atoms with Crippen LogP contribution in [-0.4, -0.2) is 46.8 Å². The van der Waals surface area contributed by atoms with Crippen molar-refractivity contribution in [3.05, 3.63) is 17.7 Å². The van der Waals surface area contributed by atoms with Gasteiger partial charge in [0.1, 0.15) is 28.4 Å². The molecule has 0 aromatic heterocycles. The Morgan fingerprint density at radius 2 is 2.12 bits per heavy atom. The summed E-state index contributed by atoms with van der Waals surface area (Å²) in [4.78, 5) is 24.2. The number of hydrogen-bond acceptors (Lipinski definition) is 6. The maximum absolute atomic E-state index is 12.2. The first-order valence-corrected chi connectivity index (χ1v) is 8.79.